The molecule has 0 spiro atoms. The molecular formula is C16H11BrFNO2. The van der Waals surface area contributed by atoms with Crippen molar-refractivity contribution >= 4 is 15.9 Å². The zero-order chi connectivity index (χ0) is 14.8. The van der Waals surface area contributed by atoms with Crippen LogP contribution >= 0.6 is 15.9 Å². The molecule has 1 aromatic heterocycles. The number of hydrogen-bond donors (Lipinski definition) is 1. The van der Waals surface area contributed by atoms with Crippen LogP contribution in [0.5, 0.6) is 0 Å². The average Bonchev–Trinajstić information content (AvgIpc) is 2.91. The molecule has 3 aromatic rings. The lowest BCUT2D eigenvalue weighted by Gasteiger charge is -2.03. The lowest BCUT2D eigenvalue weighted by molar-refractivity contribution is 0.281. The predicted octanol–water partition coefficient (Wildman–Crippen LogP) is 4.40. The van der Waals surface area contributed by atoms with Crippen molar-refractivity contribution in [2.75, 3.05) is 0 Å². The Morgan fingerprint density at radius 1 is 1.05 bits per heavy atom. The van der Waals surface area contributed by atoms with Crippen LogP contribution in [0, 0.1) is 5.82 Å². The van der Waals surface area contributed by atoms with Crippen LogP contribution in [0.2, 0.25) is 0 Å². The molecule has 1 N–H and O–H groups in total. The average molecular weight is 348 g/mol. The first-order valence-corrected chi connectivity index (χ1v) is 7.11. The minimum atomic E-state index is -0.415. The van der Waals surface area contributed by atoms with Gasteiger partial charge in [0.1, 0.15) is 11.5 Å². The van der Waals surface area contributed by atoms with Gasteiger partial charge in [0.15, 0.2) is 5.76 Å². The minimum Gasteiger partial charge on any atom is -0.391 e. The highest BCUT2D eigenvalue weighted by molar-refractivity contribution is 9.10. The first-order chi connectivity index (χ1) is 10.2. The maximum absolute atomic E-state index is 13.9. The van der Waals surface area contributed by atoms with E-state index in [-0.39, 0.29) is 17.9 Å². The van der Waals surface area contributed by atoms with Gasteiger partial charge < -0.3 is 9.63 Å². The Kier molecular flexibility index (Phi) is 3.86. The molecule has 0 amide bonds. The van der Waals surface area contributed by atoms with E-state index in [0.29, 0.717) is 11.3 Å². The quantitative estimate of drug-likeness (QED) is 0.763. The number of hydrogen-bond acceptors (Lipinski definition) is 3. The Bertz CT molecular complexity index is 722. The summed E-state index contributed by atoms with van der Waals surface area (Å²) in [6, 6.07) is 13.7. The molecule has 0 bridgehead atoms. The number of aliphatic hydroxyl groups is 1. The number of halogens is 2. The molecule has 0 saturated carbocycles. The summed E-state index contributed by atoms with van der Waals surface area (Å²) in [5, 5.41) is 13.7. The minimum absolute atomic E-state index is 0.251. The molecule has 0 radical (unpaired) electrons. The summed E-state index contributed by atoms with van der Waals surface area (Å²) in [5.41, 5.74) is 2.04. The van der Waals surface area contributed by atoms with E-state index in [1.54, 1.807) is 18.2 Å². The molecule has 3 nitrogen and oxygen atoms in total. The van der Waals surface area contributed by atoms with Crippen LogP contribution < -0.4 is 0 Å². The summed E-state index contributed by atoms with van der Waals surface area (Å²) in [4.78, 5) is 0. The molecule has 0 aliphatic heterocycles. The fourth-order valence-corrected chi connectivity index (χ4v) is 2.65. The van der Waals surface area contributed by atoms with Crippen LogP contribution in [-0.4, -0.2) is 10.3 Å². The van der Waals surface area contributed by atoms with Crippen molar-refractivity contribution in [1.29, 1.82) is 0 Å². The van der Waals surface area contributed by atoms with Crippen molar-refractivity contribution in [3.63, 3.8) is 0 Å². The summed E-state index contributed by atoms with van der Waals surface area (Å²) >= 11 is 3.44. The Balaban J connectivity index is 2.19. The van der Waals surface area contributed by atoms with Crippen molar-refractivity contribution < 1.29 is 14.0 Å². The van der Waals surface area contributed by atoms with Crippen molar-refractivity contribution in [3.8, 4) is 22.6 Å². The largest absolute Gasteiger partial charge is 0.391 e. The summed E-state index contributed by atoms with van der Waals surface area (Å²) in [6.45, 7) is -0.288. The summed E-state index contributed by atoms with van der Waals surface area (Å²) in [6.07, 6.45) is 0. The van der Waals surface area contributed by atoms with Gasteiger partial charge in [-0.25, -0.2) is 4.39 Å². The maximum atomic E-state index is 13.9. The molecule has 5 heteroatoms. The van der Waals surface area contributed by atoms with Crippen LogP contribution in [0.4, 0.5) is 4.39 Å². The molecule has 2 aromatic carbocycles. The fourth-order valence-electron chi connectivity index (χ4n) is 2.18. The highest BCUT2D eigenvalue weighted by Gasteiger charge is 2.21. The summed E-state index contributed by atoms with van der Waals surface area (Å²) < 4.78 is 20.0. The second kappa shape index (κ2) is 5.79. The first kappa shape index (κ1) is 14.0. The topological polar surface area (TPSA) is 46.3 Å². The van der Waals surface area contributed by atoms with Crippen molar-refractivity contribution in [1.82, 2.24) is 5.16 Å². The van der Waals surface area contributed by atoms with E-state index in [1.165, 1.54) is 6.07 Å². The zero-order valence-corrected chi connectivity index (χ0v) is 12.5. The Morgan fingerprint density at radius 2 is 1.71 bits per heavy atom. The van der Waals surface area contributed by atoms with Gasteiger partial charge in [-0.3, -0.25) is 0 Å². The maximum Gasteiger partial charge on any atom is 0.175 e. The molecule has 0 unspecified atom stereocenters. The number of aromatic nitrogens is 1. The van der Waals surface area contributed by atoms with E-state index in [9.17, 15) is 9.50 Å². The van der Waals surface area contributed by atoms with Crippen molar-refractivity contribution in [3.05, 3.63) is 64.4 Å². The van der Waals surface area contributed by atoms with E-state index in [2.05, 4.69) is 21.1 Å². The van der Waals surface area contributed by atoms with Gasteiger partial charge in [-0.05, 0) is 18.2 Å². The Morgan fingerprint density at radius 3 is 2.38 bits per heavy atom. The third-order valence-corrected chi connectivity index (χ3v) is 3.89. The highest BCUT2D eigenvalue weighted by atomic mass is 79.9. The van der Waals surface area contributed by atoms with Gasteiger partial charge in [0, 0.05) is 10.0 Å². The van der Waals surface area contributed by atoms with Crippen molar-refractivity contribution in [2.24, 2.45) is 0 Å². The van der Waals surface area contributed by atoms with E-state index in [0.717, 1.165) is 10.0 Å². The SMILES string of the molecule is OCc1c(-c2ccccc2Br)noc1-c1ccccc1F. The number of rotatable bonds is 3. The highest BCUT2D eigenvalue weighted by Crippen LogP contribution is 2.36. The normalized spacial score (nSPS) is 10.8. The van der Waals surface area contributed by atoms with Crippen LogP contribution in [0.1, 0.15) is 5.56 Å². The van der Waals surface area contributed by atoms with Gasteiger partial charge >= 0.3 is 0 Å². The van der Waals surface area contributed by atoms with E-state index < -0.39 is 5.82 Å². The predicted molar refractivity (Wildman–Crippen MR) is 81.0 cm³/mol. The monoisotopic (exact) mass is 347 g/mol. The second-order valence-electron chi connectivity index (χ2n) is 4.46. The summed E-state index contributed by atoms with van der Waals surface area (Å²) in [7, 11) is 0. The van der Waals surface area contributed by atoms with Crippen LogP contribution in [-0.2, 0) is 6.61 Å². The van der Waals surface area contributed by atoms with Crippen molar-refractivity contribution in [2.45, 2.75) is 6.61 Å². The van der Waals surface area contributed by atoms with Crippen LogP contribution in [0.3, 0.4) is 0 Å². The number of nitrogens with zero attached hydrogens (tertiary/aromatic N) is 1. The molecule has 0 atom stereocenters. The van der Waals surface area contributed by atoms with Gasteiger partial charge in [0.2, 0.25) is 0 Å². The van der Waals surface area contributed by atoms with Crippen LogP contribution in [0.25, 0.3) is 22.6 Å². The fraction of sp³-hybridized carbons (Fsp3) is 0.0625. The van der Waals surface area contributed by atoms with Gasteiger partial charge in [0.05, 0.1) is 17.7 Å². The van der Waals surface area contributed by atoms with E-state index in [4.69, 9.17) is 4.52 Å². The van der Waals surface area contributed by atoms with Crippen LogP contribution in [0.15, 0.2) is 57.5 Å². The first-order valence-electron chi connectivity index (χ1n) is 6.31. The molecule has 0 aliphatic rings. The van der Waals surface area contributed by atoms with Gasteiger partial charge in [-0.2, -0.15) is 0 Å². The number of benzene rings is 2. The zero-order valence-electron chi connectivity index (χ0n) is 10.9. The van der Waals surface area contributed by atoms with E-state index in [1.807, 2.05) is 24.3 Å². The molecule has 0 saturated heterocycles. The lowest BCUT2D eigenvalue weighted by Crippen LogP contribution is -1.91. The molecule has 0 fully saturated rings. The Hall–Kier alpha value is -1.98. The smallest absolute Gasteiger partial charge is 0.175 e. The molecule has 21 heavy (non-hydrogen) atoms. The number of aliphatic hydroxyl groups excluding tert-OH is 1. The standard InChI is InChI=1S/C16H11BrFNO2/c17-13-7-3-1-5-10(13)15-12(9-20)16(21-19-15)11-6-2-4-8-14(11)18/h1-8,20H,9H2. The molecular weight excluding hydrogens is 337 g/mol. The van der Waals surface area contributed by atoms with Gasteiger partial charge in [-0.1, -0.05) is 51.4 Å². The Labute approximate surface area is 129 Å². The van der Waals surface area contributed by atoms with E-state index >= 15 is 0 Å². The summed E-state index contributed by atoms with van der Waals surface area (Å²) in [5.74, 6) is -0.164. The lowest BCUT2D eigenvalue weighted by atomic mass is 10.0. The van der Waals surface area contributed by atoms with Gasteiger partial charge in [-0.15, -0.1) is 0 Å². The molecule has 106 valence electrons. The third kappa shape index (κ3) is 2.50. The third-order valence-electron chi connectivity index (χ3n) is 3.19. The molecule has 0 aliphatic carbocycles. The molecule has 1 heterocycles. The second-order valence-corrected chi connectivity index (χ2v) is 5.31. The molecule has 3 rings (SSSR count). The van der Waals surface area contributed by atoms with Gasteiger partial charge in [0.25, 0.3) is 0 Å².